The molecule has 0 bridgehead atoms. The van der Waals surface area contributed by atoms with Gasteiger partial charge in [0.1, 0.15) is 11.5 Å². The van der Waals surface area contributed by atoms with Gasteiger partial charge in [0.15, 0.2) is 18.1 Å². The summed E-state index contributed by atoms with van der Waals surface area (Å²) in [7, 11) is 0. The first-order valence-corrected chi connectivity index (χ1v) is 10.5. The molecule has 1 saturated heterocycles. The minimum atomic E-state index is -0.596. The molecule has 0 aliphatic carbocycles. The van der Waals surface area contributed by atoms with E-state index in [-0.39, 0.29) is 42.0 Å². The number of urea groups is 1. The maximum atomic E-state index is 13.1. The molecule has 0 spiro atoms. The number of imide groups is 1. The number of hydrogen-bond acceptors (Lipinski definition) is 6. The van der Waals surface area contributed by atoms with Gasteiger partial charge >= 0.3 is 12.0 Å². The van der Waals surface area contributed by atoms with Crippen molar-refractivity contribution in [2.24, 2.45) is 0 Å². The van der Waals surface area contributed by atoms with Crippen molar-refractivity contribution in [2.75, 3.05) is 19.8 Å². The van der Waals surface area contributed by atoms with Gasteiger partial charge in [0.25, 0.3) is 5.91 Å². The molecule has 2 aromatic rings. The van der Waals surface area contributed by atoms with Crippen LogP contribution in [0.25, 0.3) is 6.08 Å². The maximum absolute atomic E-state index is 13.1. The summed E-state index contributed by atoms with van der Waals surface area (Å²) in [4.78, 5) is 37.7. The zero-order valence-corrected chi connectivity index (χ0v) is 18.8. The molecular weight excluding hydrogens is 455 g/mol. The topological polar surface area (TPSA) is 94.2 Å². The van der Waals surface area contributed by atoms with Crippen LogP contribution in [-0.4, -0.2) is 42.6 Å². The first kappa shape index (κ1) is 24.1. The molecule has 8 nitrogen and oxygen atoms in total. The van der Waals surface area contributed by atoms with E-state index < -0.39 is 23.7 Å². The molecule has 0 radical (unpaired) electrons. The van der Waals surface area contributed by atoms with Crippen LogP contribution in [0.5, 0.6) is 11.5 Å². The van der Waals surface area contributed by atoms with E-state index in [2.05, 4.69) is 5.32 Å². The fraction of sp³-hybridized carbons (Fsp3) is 0.261. The second-order valence-corrected chi connectivity index (χ2v) is 7.27. The molecule has 174 valence electrons. The Bertz CT molecular complexity index is 1090. The summed E-state index contributed by atoms with van der Waals surface area (Å²) < 4.78 is 29.0. The van der Waals surface area contributed by atoms with Gasteiger partial charge in [-0.2, -0.15) is 0 Å². The predicted octanol–water partition coefficient (Wildman–Crippen LogP) is 3.91. The molecule has 1 aliphatic heterocycles. The second-order valence-electron chi connectivity index (χ2n) is 6.86. The van der Waals surface area contributed by atoms with Gasteiger partial charge < -0.3 is 19.5 Å². The van der Waals surface area contributed by atoms with Crippen LogP contribution in [0, 0.1) is 5.82 Å². The zero-order valence-electron chi connectivity index (χ0n) is 18.0. The number of halogens is 2. The van der Waals surface area contributed by atoms with Crippen molar-refractivity contribution < 1.29 is 33.0 Å². The van der Waals surface area contributed by atoms with E-state index in [1.807, 2.05) is 0 Å². The van der Waals surface area contributed by atoms with Crippen LogP contribution in [0.1, 0.15) is 25.0 Å². The summed E-state index contributed by atoms with van der Waals surface area (Å²) in [6.45, 7) is 3.62. The number of benzene rings is 2. The second kappa shape index (κ2) is 10.8. The smallest absolute Gasteiger partial charge is 0.344 e. The summed E-state index contributed by atoms with van der Waals surface area (Å²) >= 11 is 6.33. The monoisotopic (exact) mass is 476 g/mol. The highest BCUT2D eigenvalue weighted by atomic mass is 35.5. The van der Waals surface area contributed by atoms with E-state index in [9.17, 15) is 18.8 Å². The van der Waals surface area contributed by atoms with Gasteiger partial charge in [-0.3, -0.25) is 9.69 Å². The van der Waals surface area contributed by atoms with Crippen molar-refractivity contribution in [2.45, 2.75) is 20.4 Å². The van der Waals surface area contributed by atoms with Crippen molar-refractivity contribution in [1.82, 2.24) is 10.2 Å². The van der Waals surface area contributed by atoms with Crippen molar-refractivity contribution >= 4 is 35.6 Å². The van der Waals surface area contributed by atoms with Crippen LogP contribution in [0.3, 0.4) is 0 Å². The molecule has 33 heavy (non-hydrogen) atoms. The van der Waals surface area contributed by atoms with E-state index in [0.29, 0.717) is 17.7 Å². The van der Waals surface area contributed by atoms with E-state index in [0.717, 1.165) is 4.90 Å². The minimum Gasteiger partial charge on any atom is -0.490 e. The van der Waals surface area contributed by atoms with Crippen LogP contribution < -0.4 is 14.8 Å². The van der Waals surface area contributed by atoms with Gasteiger partial charge in [0.2, 0.25) is 0 Å². The molecule has 10 heteroatoms. The Hall–Kier alpha value is -3.59. The van der Waals surface area contributed by atoms with Gasteiger partial charge in [-0.1, -0.05) is 23.7 Å². The quantitative estimate of drug-likeness (QED) is 0.335. The summed E-state index contributed by atoms with van der Waals surface area (Å²) in [6.07, 6.45) is 1.45. The lowest BCUT2D eigenvalue weighted by Gasteiger charge is -2.14. The number of esters is 1. The number of nitrogens with one attached hydrogen (secondary N) is 1. The SMILES string of the molecule is CCOC(=O)COc1c(Cl)cc(/C=C2\NC(=O)N(Cc3ccc(F)cc3)C2=O)cc1OCC. The van der Waals surface area contributed by atoms with Crippen LogP contribution in [0.15, 0.2) is 42.1 Å². The van der Waals surface area contributed by atoms with E-state index in [1.54, 1.807) is 19.9 Å². The molecule has 0 aromatic heterocycles. The molecule has 1 heterocycles. The molecular formula is C23H22ClFN2O6. The van der Waals surface area contributed by atoms with Crippen LogP contribution in [-0.2, 0) is 20.9 Å². The molecule has 1 N–H and O–H groups in total. The third kappa shape index (κ3) is 6.01. The third-order valence-electron chi connectivity index (χ3n) is 4.50. The number of ether oxygens (including phenoxy) is 3. The first-order valence-electron chi connectivity index (χ1n) is 10.2. The Morgan fingerprint density at radius 1 is 1.12 bits per heavy atom. The van der Waals surface area contributed by atoms with Crippen LogP contribution >= 0.6 is 11.6 Å². The Kier molecular flexibility index (Phi) is 7.89. The lowest BCUT2D eigenvalue weighted by molar-refractivity contribution is -0.145. The zero-order chi connectivity index (χ0) is 24.0. The number of nitrogens with zero attached hydrogens (tertiary/aromatic N) is 1. The van der Waals surface area contributed by atoms with Gasteiger partial charge in [-0.25, -0.2) is 14.0 Å². The number of carbonyl (C=O) groups excluding carboxylic acids is 3. The molecule has 0 saturated carbocycles. The average molecular weight is 477 g/mol. The Labute approximate surface area is 194 Å². The summed E-state index contributed by atoms with van der Waals surface area (Å²) in [6, 6.07) is 8.01. The number of hydrogen-bond donors (Lipinski definition) is 1. The van der Waals surface area contributed by atoms with Gasteiger partial charge in [0.05, 0.1) is 24.8 Å². The van der Waals surface area contributed by atoms with Crippen molar-refractivity contribution in [3.05, 3.63) is 64.1 Å². The number of amides is 3. The first-order chi connectivity index (χ1) is 15.8. The minimum absolute atomic E-state index is 0.00608. The molecule has 0 unspecified atom stereocenters. The number of carbonyl (C=O) groups is 3. The van der Waals surface area contributed by atoms with Crippen LogP contribution in [0.2, 0.25) is 5.02 Å². The van der Waals surface area contributed by atoms with E-state index >= 15 is 0 Å². The van der Waals surface area contributed by atoms with Crippen molar-refractivity contribution in [3.8, 4) is 11.5 Å². The Balaban J connectivity index is 1.81. The molecule has 1 fully saturated rings. The normalized spacial score (nSPS) is 14.4. The largest absolute Gasteiger partial charge is 0.490 e. The summed E-state index contributed by atoms with van der Waals surface area (Å²) in [5.41, 5.74) is 1.12. The molecule has 3 amide bonds. The third-order valence-corrected chi connectivity index (χ3v) is 4.78. The van der Waals surface area contributed by atoms with E-state index in [1.165, 1.54) is 36.4 Å². The van der Waals surface area contributed by atoms with Gasteiger partial charge in [0, 0.05) is 0 Å². The summed E-state index contributed by atoms with van der Waals surface area (Å²) in [5, 5.41) is 2.67. The average Bonchev–Trinajstić information content (AvgIpc) is 3.02. The summed E-state index contributed by atoms with van der Waals surface area (Å²) in [5.74, 6) is -1.08. The molecule has 3 rings (SSSR count). The lowest BCUT2D eigenvalue weighted by atomic mass is 10.1. The Morgan fingerprint density at radius 2 is 1.85 bits per heavy atom. The van der Waals surface area contributed by atoms with Crippen molar-refractivity contribution in [1.29, 1.82) is 0 Å². The Morgan fingerprint density at radius 3 is 2.52 bits per heavy atom. The highest BCUT2D eigenvalue weighted by molar-refractivity contribution is 6.32. The lowest BCUT2D eigenvalue weighted by Crippen LogP contribution is -2.30. The highest BCUT2D eigenvalue weighted by Crippen LogP contribution is 2.37. The number of rotatable bonds is 9. The fourth-order valence-electron chi connectivity index (χ4n) is 3.06. The fourth-order valence-corrected chi connectivity index (χ4v) is 3.34. The van der Waals surface area contributed by atoms with E-state index in [4.69, 9.17) is 25.8 Å². The van der Waals surface area contributed by atoms with Crippen LogP contribution in [0.4, 0.5) is 9.18 Å². The van der Waals surface area contributed by atoms with Gasteiger partial charge in [-0.05, 0) is 55.3 Å². The molecule has 1 aliphatic rings. The predicted molar refractivity (Wildman–Crippen MR) is 118 cm³/mol. The standard InChI is InChI=1S/C23H22ClFN2O6/c1-3-31-19-11-15(9-17(24)21(19)33-13-20(28)32-4-2)10-18-22(29)27(23(30)26-18)12-14-5-7-16(25)8-6-14/h5-11H,3-4,12-13H2,1-2H3,(H,26,30)/b18-10-. The maximum Gasteiger partial charge on any atom is 0.344 e. The van der Waals surface area contributed by atoms with Crippen molar-refractivity contribution in [3.63, 3.8) is 0 Å². The highest BCUT2D eigenvalue weighted by Gasteiger charge is 2.33. The molecule has 2 aromatic carbocycles. The van der Waals surface area contributed by atoms with Gasteiger partial charge in [-0.15, -0.1) is 0 Å². The molecule has 0 atom stereocenters.